The zero-order valence-electron chi connectivity index (χ0n) is 15.3. The third-order valence-electron chi connectivity index (χ3n) is 3.65. The Morgan fingerprint density at radius 3 is 2.46 bits per heavy atom. The third-order valence-corrected chi connectivity index (χ3v) is 4.90. The van der Waals surface area contributed by atoms with Crippen LogP contribution in [0.4, 0.5) is 21.3 Å². The molecule has 28 heavy (non-hydrogen) atoms. The van der Waals surface area contributed by atoms with Crippen LogP contribution >= 0.6 is 22.9 Å². The van der Waals surface area contributed by atoms with E-state index in [0.29, 0.717) is 38.5 Å². The third kappa shape index (κ3) is 4.44. The molecular formula is C18H17ClN4O4S. The van der Waals surface area contributed by atoms with Gasteiger partial charge >= 0.3 is 6.03 Å². The number of anilines is 3. The maximum Gasteiger partial charge on any atom is 0.323 e. The predicted molar refractivity (Wildman–Crippen MR) is 111 cm³/mol. The van der Waals surface area contributed by atoms with Gasteiger partial charge in [0.25, 0.3) is 0 Å². The average Bonchev–Trinajstić information content (AvgIpc) is 3.02. The Bertz CT molecular complexity index is 1050. The van der Waals surface area contributed by atoms with Gasteiger partial charge in [-0.3, -0.25) is 4.79 Å². The zero-order valence-corrected chi connectivity index (χ0v) is 16.8. The van der Waals surface area contributed by atoms with Gasteiger partial charge in [-0.2, -0.15) is 0 Å². The number of methoxy groups -OCH3 is 2. The number of benzene rings is 2. The molecule has 1 heterocycles. The number of urea groups is 1. The summed E-state index contributed by atoms with van der Waals surface area (Å²) in [6, 6.07) is 7.94. The van der Waals surface area contributed by atoms with Crippen LogP contribution in [0.2, 0.25) is 5.02 Å². The number of nitrogens with one attached hydrogen (secondary N) is 3. The summed E-state index contributed by atoms with van der Waals surface area (Å²) in [6.07, 6.45) is 0. The van der Waals surface area contributed by atoms with Gasteiger partial charge in [0.2, 0.25) is 5.91 Å². The van der Waals surface area contributed by atoms with Gasteiger partial charge in [-0.15, -0.1) is 0 Å². The lowest BCUT2D eigenvalue weighted by Gasteiger charge is -2.13. The van der Waals surface area contributed by atoms with Gasteiger partial charge in [-0.05, 0) is 24.3 Å². The lowest BCUT2D eigenvalue weighted by molar-refractivity contribution is -0.114. The maximum atomic E-state index is 12.4. The minimum absolute atomic E-state index is 0.191. The van der Waals surface area contributed by atoms with Crippen molar-refractivity contribution in [1.29, 1.82) is 0 Å². The van der Waals surface area contributed by atoms with Crippen molar-refractivity contribution in [1.82, 2.24) is 4.98 Å². The molecule has 0 aliphatic carbocycles. The Kier molecular flexibility index (Phi) is 5.86. The van der Waals surface area contributed by atoms with Crippen molar-refractivity contribution in [3.63, 3.8) is 0 Å². The summed E-state index contributed by atoms with van der Waals surface area (Å²) in [6.45, 7) is 1.42. The second kappa shape index (κ2) is 8.32. The largest absolute Gasteiger partial charge is 0.495 e. The van der Waals surface area contributed by atoms with Crippen LogP contribution in [0.3, 0.4) is 0 Å². The van der Waals surface area contributed by atoms with Crippen molar-refractivity contribution in [2.24, 2.45) is 0 Å². The molecule has 0 unspecified atom stereocenters. The van der Waals surface area contributed by atoms with Crippen LogP contribution in [0.5, 0.6) is 11.5 Å². The minimum Gasteiger partial charge on any atom is -0.495 e. The number of nitrogens with zero attached hydrogens (tertiary/aromatic N) is 1. The first-order chi connectivity index (χ1) is 13.4. The van der Waals surface area contributed by atoms with Crippen LogP contribution < -0.4 is 25.4 Å². The van der Waals surface area contributed by atoms with E-state index in [1.807, 2.05) is 6.07 Å². The molecule has 0 aliphatic heterocycles. The topological polar surface area (TPSA) is 102 Å². The van der Waals surface area contributed by atoms with E-state index in [-0.39, 0.29) is 5.91 Å². The van der Waals surface area contributed by atoms with Crippen LogP contribution in [-0.2, 0) is 4.79 Å². The summed E-state index contributed by atoms with van der Waals surface area (Å²) in [5.74, 6) is 0.656. The summed E-state index contributed by atoms with van der Waals surface area (Å²) in [7, 11) is 2.97. The fourth-order valence-corrected chi connectivity index (χ4v) is 3.58. The van der Waals surface area contributed by atoms with Crippen molar-refractivity contribution in [2.45, 2.75) is 6.92 Å². The van der Waals surface area contributed by atoms with Crippen LogP contribution in [-0.4, -0.2) is 31.1 Å². The fourth-order valence-electron chi connectivity index (χ4n) is 2.45. The van der Waals surface area contributed by atoms with Crippen LogP contribution in [0.25, 0.3) is 10.2 Å². The first kappa shape index (κ1) is 19.7. The Hall–Kier alpha value is -3.04. The van der Waals surface area contributed by atoms with Gasteiger partial charge in [-0.25, -0.2) is 9.78 Å². The van der Waals surface area contributed by atoms with Gasteiger partial charge in [0.1, 0.15) is 11.5 Å². The number of hydrogen-bond acceptors (Lipinski definition) is 6. The van der Waals surface area contributed by atoms with Crippen molar-refractivity contribution >= 4 is 61.6 Å². The number of hydrogen-bond donors (Lipinski definition) is 3. The number of carbonyl (C=O) groups is 2. The highest BCUT2D eigenvalue weighted by molar-refractivity contribution is 7.22. The molecule has 3 N–H and O–H groups in total. The SMILES string of the molecule is COc1cc(OC)c(NC(=O)Nc2ccc3sc(NC(C)=O)nc3c2)cc1Cl. The molecule has 2 aromatic carbocycles. The highest BCUT2D eigenvalue weighted by atomic mass is 35.5. The summed E-state index contributed by atoms with van der Waals surface area (Å²) < 4.78 is 11.3. The summed E-state index contributed by atoms with van der Waals surface area (Å²) in [5, 5.41) is 8.91. The molecule has 0 atom stereocenters. The predicted octanol–water partition coefficient (Wildman–Crippen LogP) is 4.57. The molecule has 0 saturated heterocycles. The van der Waals surface area contributed by atoms with Crippen molar-refractivity contribution < 1.29 is 19.1 Å². The Morgan fingerprint density at radius 2 is 1.79 bits per heavy atom. The van der Waals surface area contributed by atoms with Crippen molar-refractivity contribution in [3.8, 4) is 11.5 Å². The van der Waals surface area contributed by atoms with Gasteiger partial charge in [0.15, 0.2) is 5.13 Å². The van der Waals surface area contributed by atoms with Crippen molar-refractivity contribution in [3.05, 3.63) is 35.4 Å². The highest BCUT2D eigenvalue weighted by Gasteiger charge is 2.13. The first-order valence-electron chi connectivity index (χ1n) is 8.07. The van der Waals surface area contributed by atoms with Crippen LogP contribution in [0.15, 0.2) is 30.3 Å². The Labute approximate surface area is 169 Å². The molecule has 3 amide bonds. The number of thiazole rings is 1. The standard InChI is InChI=1S/C18H17ClN4O4S/c1-9(24)20-18-23-13-6-10(4-5-16(13)28-18)21-17(25)22-12-7-11(19)14(26-2)8-15(12)27-3/h4-8H,1-3H3,(H,20,23,24)(H2,21,22,25). The van der Waals surface area contributed by atoms with E-state index in [4.69, 9.17) is 21.1 Å². The molecule has 0 radical (unpaired) electrons. The normalized spacial score (nSPS) is 10.4. The Morgan fingerprint density at radius 1 is 1.04 bits per heavy atom. The van der Waals surface area contributed by atoms with E-state index >= 15 is 0 Å². The monoisotopic (exact) mass is 420 g/mol. The molecule has 8 nitrogen and oxygen atoms in total. The molecule has 1 aromatic heterocycles. The number of amides is 3. The lowest BCUT2D eigenvalue weighted by Crippen LogP contribution is -2.19. The van der Waals surface area contributed by atoms with E-state index in [0.717, 1.165) is 4.70 Å². The Balaban J connectivity index is 1.76. The van der Waals surface area contributed by atoms with Gasteiger partial charge in [-0.1, -0.05) is 22.9 Å². The van der Waals surface area contributed by atoms with E-state index in [2.05, 4.69) is 20.9 Å². The minimum atomic E-state index is -0.476. The zero-order chi connectivity index (χ0) is 20.3. The van der Waals surface area contributed by atoms with E-state index in [1.165, 1.54) is 32.5 Å². The fraction of sp³-hybridized carbons (Fsp3) is 0.167. The summed E-state index contributed by atoms with van der Waals surface area (Å²) in [4.78, 5) is 27.9. The van der Waals surface area contributed by atoms with Crippen LogP contribution in [0.1, 0.15) is 6.92 Å². The molecule has 0 saturated carbocycles. The lowest BCUT2D eigenvalue weighted by atomic mass is 10.2. The van der Waals surface area contributed by atoms with E-state index < -0.39 is 6.03 Å². The molecule has 0 aliphatic rings. The van der Waals surface area contributed by atoms with Gasteiger partial charge < -0.3 is 25.4 Å². The highest BCUT2D eigenvalue weighted by Crippen LogP contribution is 2.36. The number of fused-ring (bicyclic) bond motifs is 1. The number of aromatic nitrogens is 1. The summed E-state index contributed by atoms with van der Waals surface area (Å²) >= 11 is 7.47. The maximum absolute atomic E-state index is 12.4. The van der Waals surface area contributed by atoms with Crippen LogP contribution in [0, 0.1) is 0 Å². The second-order valence-electron chi connectivity index (χ2n) is 5.65. The quantitative estimate of drug-likeness (QED) is 0.561. The molecular weight excluding hydrogens is 404 g/mol. The van der Waals surface area contributed by atoms with Crippen molar-refractivity contribution in [2.75, 3.05) is 30.2 Å². The first-order valence-corrected chi connectivity index (χ1v) is 9.26. The molecule has 3 rings (SSSR count). The molecule has 0 spiro atoms. The average molecular weight is 421 g/mol. The molecule has 0 bridgehead atoms. The number of ether oxygens (including phenoxy) is 2. The number of halogens is 1. The van der Waals surface area contributed by atoms with E-state index in [1.54, 1.807) is 24.3 Å². The molecule has 146 valence electrons. The molecule has 3 aromatic rings. The van der Waals surface area contributed by atoms with E-state index in [9.17, 15) is 9.59 Å². The van der Waals surface area contributed by atoms with Gasteiger partial charge in [0.05, 0.1) is 35.1 Å². The number of carbonyl (C=O) groups excluding carboxylic acids is 2. The molecule has 0 fully saturated rings. The molecule has 10 heteroatoms. The van der Waals surface area contributed by atoms with Gasteiger partial charge in [0, 0.05) is 18.7 Å². The smallest absolute Gasteiger partial charge is 0.323 e. The summed E-state index contributed by atoms with van der Waals surface area (Å²) in [5.41, 5.74) is 1.60. The second-order valence-corrected chi connectivity index (χ2v) is 7.09. The number of rotatable bonds is 5.